The van der Waals surface area contributed by atoms with Gasteiger partial charge in [-0.2, -0.15) is 9.40 Å². The molecule has 3 rings (SSSR count). The van der Waals surface area contributed by atoms with Crippen molar-refractivity contribution in [2.75, 3.05) is 19.6 Å². The standard InChI is InChI=1S/C20H25BrCl2N4O3S/c1-13-19(21)14(2)27(25-13)10-6-7-24-20(28)15-11-18(17(23)12-16(15)22)31(29,30)26-8-4-3-5-9-26/h11-12H,3-10H2,1-2H3,(H,24,28). The fourth-order valence-electron chi connectivity index (χ4n) is 3.56. The van der Waals surface area contributed by atoms with Gasteiger partial charge in [0.1, 0.15) is 4.90 Å². The van der Waals surface area contributed by atoms with E-state index in [0.717, 1.165) is 35.1 Å². The number of nitrogens with zero attached hydrogens (tertiary/aromatic N) is 3. The summed E-state index contributed by atoms with van der Waals surface area (Å²) in [7, 11) is -3.79. The fraction of sp³-hybridized carbons (Fsp3) is 0.500. The zero-order chi connectivity index (χ0) is 22.8. The quantitative estimate of drug-likeness (QED) is 0.511. The van der Waals surface area contributed by atoms with Gasteiger partial charge in [-0.05, 0) is 61.2 Å². The van der Waals surface area contributed by atoms with Gasteiger partial charge in [-0.15, -0.1) is 0 Å². The molecule has 2 heterocycles. The maximum absolute atomic E-state index is 13.0. The molecule has 0 bridgehead atoms. The van der Waals surface area contributed by atoms with Crippen LogP contribution in [0.5, 0.6) is 0 Å². The van der Waals surface area contributed by atoms with Crippen molar-refractivity contribution in [1.29, 1.82) is 0 Å². The van der Waals surface area contributed by atoms with Crippen LogP contribution < -0.4 is 5.32 Å². The number of sulfonamides is 1. The summed E-state index contributed by atoms with van der Waals surface area (Å²) in [5.74, 6) is -0.439. The van der Waals surface area contributed by atoms with Gasteiger partial charge in [0.2, 0.25) is 10.0 Å². The number of hydrogen-bond acceptors (Lipinski definition) is 4. The Morgan fingerprint density at radius 3 is 2.45 bits per heavy atom. The van der Waals surface area contributed by atoms with Crippen molar-refractivity contribution in [3.63, 3.8) is 0 Å². The smallest absolute Gasteiger partial charge is 0.252 e. The van der Waals surface area contributed by atoms with Crippen LogP contribution in [-0.4, -0.2) is 48.0 Å². The fourth-order valence-corrected chi connectivity index (χ4v) is 6.20. The van der Waals surface area contributed by atoms with E-state index in [4.69, 9.17) is 23.2 Å². The van der Waals surface area contributed by atoms with E-state index in [-0.39, 0.29) is 20.5 Å². The first-order valence-corrected chi connectivity index (χ1v) is 13.1. The number of carbonyl (C=O) groups excluding carboxylic acids is 1. The monoisotopic (exact) mass is 550 g/mol. The van der Waals surface area contributed by atoms with Crippen LogP contribution >= 0.6 is 39.1 Å². The number of amides is 1. The molecule has 31 heavy (non-hydrogen) atoms. The van der Waals surface area contributed by atoms with Gasteiger partial charge in [0, 0.05) is 31.9 Å². The summed E-state index contributed by atoms with van der Waals surface area (Å²) < 4.78 is 30.3. The van der Waals surface area contributed by atoms with Gasteiger partial charge < -0.3 is 5.32 Å². The summed E-state index contributed by atoms with van der Waals surface area (Å²) in [5.41, 5.74) is 2.03. The van der Waals surface area contributed by atoms with Crippen molar-refractivity contribution >= 4 is 55.1 Å². The van der Waals surface area contributed by atoms with Crippen molar-refractivity contribution in [3.8, 4) is 0 Å². The highest BCUT2D eigenvalue weighted by Crippen LogP contribution is 2.31. The van der Waals surface area contributed by atoms with Crippen LogP contribution in [0.1, 0.15) is 47.4 Å². The Hall–Kier alpha value is -1.13. The Bertz CT molecular complexity index is 1080. The normalized spacial score (nSPS) is 15.3. The van der Waals surface area contributed by atoms with Crippen LogP contribution in [0.3, 0.4) is 0 Å². The minimum Gasteiger partial charge on any atom is -0.352 e. The predicted molar refractivity (Wildman–Crippen MR) is 125 cm³/mol. The van der Waals surface area contributed by atoms with Gasteiger partial charge in [0.25, 0.3) is 5.91 Å². The highest BCUT2D eigenvalue weighted by atomic mass is 79.9. The molecule has 170 valence electrons. The molecule has 2 aromatic rings. The zero-order valence-electron chi connectivity index (χ0n) is 17.4. The molecule has 0 spiro atoms. The molecule has 0 atom stereocenters. The van der Waals surface area contributed by atoms with Gasteiger partial charge in [-0.3, -0.25) is 9.48 Å². The number of nitrogens with one attached hydrogen (secondary N) is 1. The van der Waals surface area contributed by atoms with Gasteiger partial charge in [0.15, 0.2) is 0 Å². The van der Waals surface area contributed by atoms with E-state index in [1.807, 2.05) is 18.5 Å². The largest absolute Gasteiger partial charge is 0.352 e. The molecule has 0 aliphatic carbocycles. The molecule has 0 unspecified atom stereocenters. The van der Waals surface area contributed by atoms with Gasteiger partial charge >= 0.3 is 0 Å². The van der Waals surface area contributed by atoms with Crippen molar-refractivity contribution < 1.29 is 13.2 Å². The van der Waals surface area contributed by atoms with E-state index in [9.17, 15) is 13.2 Å². The van der Waals surface area contributed by atoms with E-state index in [2.05, 4.69) is 26.3 Å². The van der Waals surface area contributed by atoms with Crippen molar-refractivity contribution in [3.05, 3.63) is 43.6 Å². The number of piperidine rings is 1. The van der Waals surface area contributed by atoms with Gasteiger partial charge in [0.05, 0.1) is 25.8 Å². The molecule has 0 saturated carbocycles. The second-order valence-corrected chi connectivity index (χ2v) is 11.1. The topological polar surface area (TPSA) is 84.3 Å². The Labute approximate surface area is 201 Å². The van der Waals surface area contributed by atoms with Crippen LogP contribution in [0.15, 0.2) is 21.5 Å². The summed E-state index contributed by atoms with van der Waals surface area (Å²) in [4.78, 5) is 12.6. The average molecular weight is 552 g/mol. The molecule has 1 N–H and O–H groups in total. The number of aryl methyl sites for hydroxylation is 2. The molecule has 1 aliphatic heterocycles. The second-order valence-electron chi connectivity index (χ2n) is 7.54. The Morgan fingerprint density at radius 2 is 1.84 bits per heavy atom. The minimum atomic E-state index is -3.79. The lowest BCUT2D eigenvalue weighted by molar-refractivity contribution is 0.0952. The lowest BCUT2D eigenvalue weighted by Crippen LogP contribution is -2.36. The van der Waals surface area contributed by atoms with E-state index in [1.165, 1.54) is 16.4 Å². The lowest BCUT2D eigenvalue weighted by atomic mass is 10.2. The van der Waals surface area contributed by atoms with Gasteiger partial charge in [-0.1, -0.05) is 29.6 Å². The summed E-state index contributed by atoms with van der Waals surface area (Å²) in [6.07, 6.45) is 3.28. The summed E-state index contributed by atoms with van der Waals surface area (Å²) in [6.45, 7) is 5.83. The molecular formula is C20H25BrCl2N4O3S. The number of rotatable bonds is 7. The van der Waals surface area contributed by atoms with E-state index < -0.39 is 15.9 Å². The molecule has 11 heteroatoms. The zero-order valence-corrected chi connectivity index (χ0v) is 21.3. The van der Waals surface area contributed by atoms with Crippen LogP contribution in [0, 0.1) is 13.8 Å². The predicted octanol–water partition coefficient (Wildman–Crippen LogP) is 4.56. The Morgan fingerprint density at radius 1 is 1.16 bits per heavy atom. The first kappa shape index (κ1) is 24.5. The van der Waals surface area contributed by atoms with Crippen molar-refractivity contribution in [2.45, 2.75) is 51.0 Å². The van der Waals surface area contributed by atoms with Crippen LogP contribution in [0.2, 0.25) is 10.0 Å². The lowest BCUT2D eigenvalue weighted by Gasteiger charge is -2.26. The SMILES string of the molecule is Cc1nn(CCCNC(=O)c2cc(S(=O)(=O)N3CCCCC3)c(Cl)cc2Cl)c(C)c1Br. The molecule has 1 aromatic carbocycles. The van der Waals surface area contributed by atoms with Gasteiger partial charge in [-0.25, -0.2) is 8.42 Å². The number of benzene rings is 1. The molecule has 1 fully saturated rings. The number of halogens is 3. The van der Waals surface area contributed by atoms with Crippen molar-refractivity contribution in [1.82, 2.24) is 19.4 Å². The second kappa shape index (κ2) is 10.2. The molecule has 0 radical (unpaired) electrons. The van der Waals surface area contributed by atoms with E-state index in [0.29, 0.717) is 32.6 Å². The Kier molecular flexibility index (Phi) is 8.07. The van der Waals surface area contributed by atoms with E-state index in [1.54, 1.807) is 0 Å². The van der Waals surface area contributed by atoms with Crippen molar-refractivity contribution in [2.24, 2.45) is 0 Å². The van der Waals surface area contributed by atoms with Crippen LogP contribution in [-0.2, 0) is 16.6 Å². The maximum atomic E-state index is 13.0. The summed E-state index contributed by atoms with van der Waals surface area (Å²) in [6, 6.07) is 2.60. The minimum absolute atomic E-state index is 0.0160. The highest BCUT2D eigenvalue weighted by molar-refractivity contribution is 9.10. The summed E-state index contributed by atoms with van der Waals surface area (Å²) in [5, 5.41) is 7.37. The molecule has 7 nitrogen and oxygen atoms in total. The number of hydrogen-bond donors (Lipinski definition) is 1. The third-order valence-electron chi connectivity index (χ3n) is 5.32. The third kappa shape index (κ3) is 5.45. The average Bonchev–Trinajstić information content (AvgIpc) is 2.98. The molecule has 1 aliphatic rings. The molecule has 1 aromatic heterocycles. The Balaban J connectivity index is 1.69. The maximum Gasteiger partial charge on any atom is 0.252 e. The first-order chi connectivity index (χ1) is 14.6. The first-order valence-electron chi connectivity index (χ1n) is 10.1. The third-order valence-corrected chi connectivity index (χ3v) is 9.15. The number of carbonyl (C=O) groups is 1. The number of aromatic nitrogens is 2. The highest BCUT2D eigenvalue weighted by Gasteiger charge is 2.29. The molecule has 1 amide bonds. The van der Waals surface area contributed by atoms with E-state index >= 15 is 0 Å². The summed E-state index contributed by atoms with van der Waals surface area (Å²) >= 11 is 15.9. The molecular weight excluding hydrogens is 527 g/mol. The van der Waals surface area contributed by atoms with Crippen LogP contribution in [0.4, 0.5) is 0 Å². The molecule has 1 saturated heterocycles. The van der Waals surface area contributed by atoms with Crippen LogP contribution in [0.25, 0.3) is 0 Å².